The van der Waals surface area contributed by atoms with Crippen LogP contribution in [0.15, 0.2) is 84.9 Å². The van der Waals surface area contributed by atoms with E-state index >= 15 is 0 Å². The lowest BCUT2D eigenvalue weighted by Gasteiger charge is -2.14. The largest absolute Gasteiger partial charge is 0.354 e. The molecule has 0 aliphatic carbocycles. The molecule has 162 valence electrons. The lowest BCUT2D eigenvalue weighted by Crippen LogP contribution is -2.16. The van der Waals surface area contributed by atoms with Crippen molar-refractivity contribution in [1.82, 2.24) is 4.98 Å². The lowest BCUT2D eigenvalue weighted by molar-refractivity contribution is 0.591. The van der Waals surface area contributed by atoms with Crippen molar-refractivity contribution in [2.45, 2.75) is 5.75 Å². The average molecular weight is 456 g/mol. The first-order valence-electron chi connectivity index (χ1n) is 10.2. The van der Waals surface area contributed by atoms with E-state index in [9.17, 15) is 12.8 Å². The van der Waals surface area contributed by atoms with Crippen LogP contribution in [0.1, 0.15) is 11.1 Å². The van der Waals surface area contributed by atoms with Crippen molar-refractivity contribution in [1.29, 1.82) is 5.26 Å². The highest BCUT2D eigenvalue weighted by Gasteiger charge is 2.19. The molecule has 4 aromatic carbocycles. The first-order valence-corrected chi connectivity index (χ1v) is 11.9. The molecule has 33 heavy (non-hydrogen) atoms. The molecule has 1 aromatic heterocycles. The van der Waals surface area contributed by atoms with E-state index in [-0.39, 0.29) is 11.1 Å². The Morgan fingerprint density at radius 1 is 0.879 bits per heavy atom. The number of nitrogens with one attached hydrogen (secondary N) is 2. The zero-order valence-corrected chi connectivity index (χ0v) is 18.2. The van der Waals surface area contributed by atoms with Crippen molar-refractivity contribution in [2.75, 3.05) is 4.72 Å². The maximum Gasteiger partial charge on any atom is 0.237 e. The highest BCUT2D eigenvalue weighted by atomic mass is 32.2. The molecule has 0 unspecified atom stereocenters. The smallest absolute Gasteiger partial charge is 0.237 e. The first kappa shape index (κ1) is 20.7. The number of aromatic nitrogens is 1. The number of hydrogen-bond donors (Lipinski definition) is 2. The van der Waals surface area contributed by atoms with Crippen molar-refractivity contribution < 1.29 is 12.8 Å². The zero-order valence-electron chi connectivity index (χ0n) is 17.3. The second-order valence-electron chi connectivity index (χ2n) is 7.72. The van der Waals surface area contributed by atoms with Crippen LogP contribution in [0, 0.1) is 17.1 Å². The summed E-state index contributed by atoms with van der Waals surface area (Å²) in [5, 5.41) is 11.2. The minimum absolute atomic E-state index is 0.0586. The molecule has 5 nitrogen and oxygen atoms in total. The fourth-order valence-electron chi connectivity index (χ4n) is 4.07. The number of anilines is 1. The van der Waals surface area contributed by atoms with Gasteiger partial charge in [-0.05, 0) is 30.3 Å². The summed E-state index contributed by atoms with van der Waals surface area (Å²) in [7, 11) is -3.95. The third-order valence-electron chi connectivity index (χ3n) is 5.54. The van der Waals surface area contributed by atoms with Crippen LogP contribution in [0.4, 0.5) is 10.1 Å². The number of sulfonamides is 1. The van der Waals surface area contributed by atoms with Crippen LogP contribution in [0.25, 0.3) is 32.9 Å². The van der Waals surface area contributed by atoms with Gasteiger partial charge in [0.15, 0.2) is 0 Å². The van der Waals surface area contributed by atoms with Gasteiger partial charge in [-0.25, -0.2) is 12.8 Å². The Bertz CT molecular complexity index is 1670. The van der Waals surface area contributed by atoms with E-state index in [0.29, 0.717) is 11.3 Å². The van der Waals surface area contributed by atoms with E-state index in [2.05, 4.69) is 9.71 Å². The van der Waals surface area contributed by atoms with Gasteiger partial charge >= 0.3 is 0 Å². The Balaban J connectivity index is 1.56. The van der Waals surface area contributed by atoms with Gasteiger partial charge in [0.25, 0.3) is 0 Å². The molecule has 0 fully saturated rings. The number of halogens is 1. The lowest BCUT2D eigenvalue weighted by atomic mass is 10.0. The Morgan fingerprint density at radius 3 is 2.45 bits per heavy atom. The van der Waals surface area contributed by atoms with Crippen LogP contribution >= 0.6 is 0 Å². The molecule has 7 heteroatoms. The van der Waals surface area contributed by atoms with Crippen molar-refractivity contribution in [3.8, 4) is 17.2 Å². The maximum atomic E-state index is 14.2. The number of fused-ring (bicyclic) bond motifs is 3. The average Bonchev–Trinajstić information content (AvgIpc) is 3.19. The van der Waals surface area contributed by atoms with E-state index in [1.165, 1.54) is 12.1 Å². The van der Waals surface area contributed by atoms with Gasteiger partial charge in [-0.2, -0.15) is 5.26 Å². The summed E-state index contributed by atoms with van der Waals surface area (Å²) >= 11 is 0. The van der Waals surface area contributed by atoms with Gasteiger partial charge in [0.2, 0.25) is 10.0 Å². The molecule has 5 rings (SSSR count). The summed E-state index contributed by atoms with van der Waals surface area (Å²) in [6.07, 6.45) is 0. The minimum Gasteiger partial charge on any atom is -0.354 e. The number of H-pyrrole nitrogens is 1. The van der Waals surface area contributed by atoms with Gasteiger partial charge in [-0.1, -0.05) is 54.6 Å². The van der Waals surface area contributed by atoms with Crippen molar-refractivity contribution in [2.24, 2.45) is 0 Å². The van der Waals surface area contributed by atoms with E-state index < -0.39 is 21.6 Å². The molecular weight excluding hydrogens is 437 g/mol. The Hall–Kier alpha value is -4.15. The Morgan fingerprint density at radius 2 is 1.61 bits per heavy atom. The number of rotatable bonds is 5. The van der Waals surface area contributed by atoms with Crippen LogP contribution in [0.2, 0.25) is 0 Å². The normalized spacial score (nSPS) is 11.5. The molecule has 0 atom stereocenters. The van der Waals surface area contributed by atoms with Gasteiger partial charge < -0.3 is 4.98 Å². The van der Waals surface area contributed by atoms with Crippen LogP contribution in [0.3, 0.4) is 0 Å². The molecular formula is C26H18FN3O2S. The standard InChI is InChI=1S/C26H18FN3O2S/c27-23-13-12-17(15-28)14-18(23)16-33(31,32)30-25-11-4-2-7-20(25)22-9-5-8-21-19-6-1-3-10-24(19)29-26(21)22/h1-14,29-30H,16H2. The second kappa shape index (κ2) is 8.08. The highest BCUT2D eigenvalue weighted by Crippen LogP contribution is 2.36. The van der Waals surface area contributed by atoms with E-state index in [4.69, 9.17) is 5.26 Å². The van der Waals surface area contributed by atoms with Gasteiger partial charge in [0.05, 0.1) is 28.6 Å². The zero-order chi connectivity index (χ0) is 23.0. The van der Waals surface area contributed by atoms with Gasteiger partial charge in [0.1, 0.15) is 5.82 Å². The summed E-state index contributed by atoms with van der Waals surface area (Å²) in [6.45, 7) is 0. The summed E-state index contributed by atoms with van der Waals surface area (Å²) in [6, 6.07) is 26.5. The van der Waals surface area contributed by atoms with Crippen molar-refractivity contribution in [3.05, 3.63) is 102 Å². The molecule has 1 heterocycles. The molecule has 0 radical (unpaired) electrons. The van der Waals surface area contributed by atoms with Crippen LogP contribution in [-0.2, 0) is 15.8 Å². The number of nitriles is 1. The van der Waals surface area contributed by atoms with Crippen LogP contribution < -0.4 is 4.72 Å². The molecule has 0 bridgehead atoms. The summed E-state index contributed by atoms with van der Waals surface area (Å²) in [5.41, 5.74) is 3.97. The quantitative estimate of drug-likeness (QED) is 0.344. The summed E-state index contributed by atoms with van der Waals surface area (Å²) in [4.78, 5) is 3.44. The first-order chi connectivity index (χ1) is 15.9. The minimum atomic E-state index is -3.95. The Kier molecular flexibility index (Phi) is 5.08. The molecule has 2 N–H and O–H groups in total. The van der Waals surface area contributed by atoms with Crippen molar-refractivity contribution >= 4 is 37.5 Å². The third kappa shape index (κ3) is 3.93. The fraction of sp³-hybridized carbons (Fsp3) is 0.0385. The van der Waals surface area contributed by atoms with E-state index in [0.717, 1.165) is 33.4 Å². The summed E-state index contributed by atoms with van der Waals surface area (Å²) < 4.78 is 42.7. The van der Waals surface area contributed by atoms with Crippen LogP contribution in [-0.4, -0.2) is 13.4 Å². The van der Waals surface area contributed by atoms with Gasteiger partial charge in [-0.15, -0.1) is 0 Å². The highest BCUT2D eigenvalue weighted by molar-refractivity contribution is 7.91. The van der Waals surface area contributed by atoms with Crippen LogP contribution in [0.5, 0.6) is 0 Å². The topological polar surface area (TPSA) is 85.8 Å². The number of nitrogens with zero attached hydrogens (tertiary/aromatic N) is 1. The number of aromatic amines is 1. The molecule has 5 aromatic rings. The number of hydrogen-bond acceptors (Lipinski definition) is 3. The predicted molar refractivity (Wildman–Crippen MR) is 129 cm³/mol. The molecule has 0 amide bonds. The molecule has 0 saturated heterocycles. The van der Waals surface area contributed by atoms with E-state index in [1.54, 1.807) is 12.1 Å². The number of benzene rings is 4. The van der Waals surface area contributed by atoms with Gasteiger partial charge in [0, 0.05) is 33.0 Å². The number of para-hydroxylation sites is 3. The molecule has 0 spiro atoms. The third-order valence-corrected chi connectivity index (χ3v) is 6.77. The molecule has 0 aliphatic heterocycles. The Labute approximate surface area is 190 Å². The second-order valence-corrected chi connectivity index (χ2v) is 9.45. The summed E-state index contributed by atoms with van der Waals surface area (Å²) in [5.74, 6) is -1.25. The van der Waals surface area contributed by atoms with Crippen molar-refractivity contribution in [3.63, 3.8) is 0 Å². The monoisotopic (exact) mass is 455 g/mol. The SMILES string of the molecule is N#Cc1ccc(F)c(CS(=O)(=O)Nc2ccccc2-c2cccc3c2[nH]c2ccccc23)c1. The predicted octanol–water partition coefficient (Wildman–Crippen LogP) is 5.94. The molecule has 0 saturated carbocycles. The molecule has 0 aliphatic rings. The maximum absolute atomic E-state index is 14.2. The fourth-order valence-corrected chi connectivity index (χ4v) is 5.28. The van der Waals surface area contributed by atoms with E-state index in [1.807, 2.05) is 60.7 Å². The van der Waals surface area contributed by atoms with Gasteiger partial charge in [-0.3, -0.25) is 4.72 Å².